The van der Waals surface area contributed by atoms with Gasteiger partial charge < -0.3 is 5.32 Å². The molecule has 0 aliphatic heterocycles. The zero-order chi connectivity index (χ0) is 7.68. The van der Waals surface area contributed by atoms with Crippen molar-refractivity contribution in [3.8, 4) is 0 Å². The van der Waals surface area contributed by atoms with Crippen molar-refractivity contribution in [2.24, 2.45) is 0 Å². The molecule has 2 rings (SSSR count). The Morgan fingerprint density at radius 2 is 2.55 bits per heavy atom. The number of nitrogens with zero attached hydrogens (tertiary/aromatic N) is 1. The molecule has 60 valence electrons. The molecule has 0 bridgehead atoms. The number of aromatic nitrogens is 1. The summed E-state index contributed by atoms with van der Waals surface area (Å²) in [5.41, 5.74) is 3.31. The average molecular weight is 168 g/mol. The minimum atomic E-state index is 0.796. The minimum Gasteiger partial charge on any atom is -0.315 e. The van der Waals surface area contributed by atoms with Crippen LogP contribution in [0, 0.1) is 0 Å². The van der Waals surface area contributed by atoms with Crippen molar-refractivity contribution in [3.05, 3.63) is 16.1 Å². The lowest BCUT2D eigenvalue weighted by molar-refractivity contribution is 0.813. The maximum atomic E-state index is 4.38. The summed E-state index contributed by atoms with van der Waals surface area (Å²) in [7, 11) is 1.98. The first-order valence-electron chi connectivity index (χ1n) is 3.98. The number of hydrogen-bond acceptors (Lipinski definition) is 3. The van der Waals surface area contributed by atoms with Crippen LogP contribution in [-0.2, 0) is 6.54 Å². The molecule has 3 heteroatoms. The summed E-state index contributed by atoms with van der Waals surface area (Å²) in [6.45, 7) is 0.983. The predicted octanol–water partition coefficient (Wildman–Crippen LogP) is 1.74. The van der Waals surface area contributed by atoms with Crippen LogP contribution in [0.4, 0.5) is 0 Å². The average Bonchev–Trinajstić information content (AvgIpc) is 2.75. The number of thiazole rings is 1. The van der Waals surface area contributed by atoms with Crippen LogP contribution in [0.1, 0.15) is 29.3 Å². The molecule has 1 fully saturated rings. The van der Waals surface area contributed by atoms with Gasteiger partial charge in [0.2, 0.25) is 0 Å². The van der Waals surface area contributed by atoms with Gasteiger partial charge in [0.1, 0.15) is 0 Å². The molecule has 0 atom stereocenters. The summed E-state index contributed by atoms with van der Waals surface area (Å²) >= 11 is 1.77. The van der Waals surface area contributed by atoms with E-state index < -0.39 is 0 Å². The van der Waals surface area contributed by atoms with Crippen molar-refractivity contribution >= 4 is 11.3 Å². The summed E-state index contributed by atoms with van der Waals surface area (Å²) < 4.78 is 0. The largest absolute Gasteiger partial charge is 0.315 e. The molecule has 0 saturated heterocycles. The van der Waals surface area contributed by atoms with Gasteiger partial charge in [0.25, 0.3) is 0 Å². The van der Waals surface area contributed by atoms with Gasteiger partial charge in [-0.25, -0.2) is 4.98 Å². The monoisotopic (exact) mass is 168 g/mol. The fourth-order valence-corrected chi connectivity index (χ4v) is 2.12. The third-order valence-corrected chi connectivity index (χ3v) is 2.82. The van der Waals surface area contributed by atoms with Crippen molar-refractivity contribution in [3.63, 3.8) is 0 Å². The molecule has 2 nitrogen and oxygen atoms in total. The predicted molar refractivity (Wildman–Crippen MR) is 46.9 cm³/mol. The Bertz CT molecular complexity index is 240. The molecule has 0 spiro atoms. The van der Waals surface area contributed by atoms with Crippen molar-refractivity contribution in [2.45, 2.75) is 25.3 Å². The molecule has 1 N–H and O–H groups in total. The molecule has 1 heterocycles. The second-order valence-corrected chi connectivity index (χ2v) is 3.90. The zero-order valence-electron chi connectivity index (χ0n) is 6.63. The van der Waals surface area contributed by atoms with E-state index in [2.05, 4.69) is 10.3 Å². The molecule has 11 heavy (non-hydrogen) atoms. The maximum absolute atomic E-state index is 4.38. The molecule has 1 aliphatic rings. The van der Waals surface area contributed by atoms with E-state index in [-0.39, 0.29) is 0 Å². The van der Waals surface area contributed by atoms with Gasteiger partial charge in [0.15, 0.2) is 0 Å². The second kappa shape index (κ2) is 2.91. The van der Waals surface area contributed by atoms with Crippen molar-refractivity contribution < 1.29 is 0 Å². The summed E-state index contributed by atoms with van der Waals surface area (Å²) in [6.07, 6.45) is 2.70. The van der Waals surface area contributed by atoms with Crippen molar-refractivity contribution in [1.82, 2.24) is 10.3 Å². The van der Waals surface area contributed by atoms with Crippen LogP contribution >= 0.6 is 11.3 Å². The summed E-state index contributed by atoms with van der Waals surface area (Å²) in [5, 5.41) is 3.16. The third-order valence-electron chi connectivity index (χ3n) is 1.97. The van der Waals surface area contributed by atoms with E-state index in [1.807, 2.05) is 12.6 Å². The maximum Gasteiger partial charge on any atom is 0.0798 e. The lowest BCUT2D eigenvalue weighted by Crippen LogP contribution is -2.05. The molecule has 0 unspecified atom stereocenters. The Labute approximate surface area is 70.7 Å². The summed E-state index contributed by atoms with van der Waals surface area (Å²) in [6, 6.07) is 0. The molecule has 0 aromatic carbocycles. The van der Waals surface area contributed by atoms with Crippen LogP contribution in [0.15, 0.2) is 5.51 Å². The van der Waals surface area contributed by atoms with Gasteiger partial charge >= 0.3 is 0 Å². The van der Waals surface area contributed by atoms with Crippen molar-refractivity contribution in [2.75, 3.05) is 7.05 Å². The minimum absolute atomic E-state index is 0.796. The van der Waals surface area contributed by atoms with E-state index in [1.54, 1.807) is 11.3 Å². The standard InChI is InChI=1S/C8H12N2S/c1-9-4-7-8(6-2-3-6)10-5-11-7/h5-6,9H,2-4H2,1H3. The molecular weight excluding hydrogens is 156 g/mol. The van der Waals surface area contributed by atoms with Gasteiger partial charge in [-0.15, -0.1) is 11.3 Å². The molecule has 1 aromatic heterocycles. The fourth-order valence-electron chi connectivity index (χ4n) is 1.26. The van der Waals surface area contributed by atoms with Crippen LogP contribution in [0.3, 0.4) is 0 Å². The first kappa shape index (κ1) is 7.25. The lowest BCUT2D eigenvalue weighted by Gasteiger charge is -1.97. The molecule has 1 aromatic rings. The van der Waals surface area contributed by atoms with E-state index in [0.29, 0.717) is 0 Å². The molecule has 1 aliphatic carbocycles. The SMILES string of the molecule is CNCc1scnc1C1CC1. The lowest BCUT2D eigenvalue weighted by atomic mass is 10.2. The van der Waals surface area contributed by atoms with Crippen LogP contribution in [0.25, 0.3) is 0 Å². The Kier molecular flexibility index (Phi) is 1.92. The Balaban J connectivity index is 2.16. The number of rotatable bonds is 3. The molecule has 0 radical (unpaired) electrons. The highest BCUT2D eigenvalue weighted by Gasteiger charge is 2.27. The number of hydrogen-bond donors (Lipinski definition) is 1. The van der Waals surface area contributed by atoms with E-state index in [1.165, 1.54) is 23.4 Å². The van der Waals surface area contributed by atoms with Gasteiger partial charge in [0.05, 0.1) is 11.2 Å². The van der Waals surface area contributed by atoms with Gasteiger partial charge in [-0.1, -0.05) is 0 Å². The van der Waals surface area contributed by atoms with Crippen LogP contribution in [-0.4, -0.2) is 12.0 Å². The number of nitrogens with one attached hydrogen (secondary N) is 1. The topological polar surface area (TPSA) is 24.9 Å². The van der Waals surface area contributed by atoms with Crippen molar-refractivity contribution in [1.29, 1.82) is 0 Å². The zero-order valence-corrected chi connectivity index (χ0v) is 7.45. The Morgan fingerprint density at radius 3 is 3.18 bits per heavy atom. The highest BCUT2D eigenvalue weighted by Crippen LogP contribution is 2.41. The van der Waals surface area contributed by atoms with E-state index in [9.17, 15) is 0 Å². The van der Waals surface area contributed by atoms with Gasteiger partial charge in [-0.3, -0.25) is 0 Å². The first-order chi connectivity index (χ1) is 5.42. The van der Waals surface area contributed by atoms with E-state index >= 15 is 0 Å². The van der Waals surface area contributed by atoms with E-state index in [4.69, 9.17) is 0 Å². The Morgan fingerprint density at radius 1 is 1.73 bits per heavy atom. The smallest absolute Gasteiger partial charge is 0.0798 e. The molecular formula is C8H12N2S. The van der Waals surface area contributed by atoms with Crippen LogP contribution in [0.2, 0.25) is 0 Å². The van der Waals surface area contributed by atoms with E-state index in [0.717, 1.165) is 12.5 Å². The van der Waals surface area contributed by atoms with Gasteiger partial charge in [0, 0.05) is 17.3 Å². The summed E-state index contributed by atoms with van der Waals surface area (Å²) in [4.78, 5) is 5.80. The second-order valence-electron chi connectivity index (χ2n) is 2.97. The summed E-state index contributed by atoms with van der Waals surface area (Å²) in [5.74, 6) is 0.796. The highest BCUT2D eigenvalue weighted by molar-refractivity contribution is 7.09. The quantitative estimate of drug-likeness (QED) is 0.743. The Hall–Kier alpha value is -0.410. The molecule has 0 amide bonds. The van der Waals surface area contributed by atoms with Gasteiger partial charge in [-0.2, -0.15) is 0 Å². The molecule has 1 saturated carbocycles. The highest BCUT2D eigenvalue weighted by atomic mass is 32.1. The van der Waals surface area contributed by atoms with Crippen LogP contribution in [0.5, 0.6) is 0 Å². The third kappa shape index (κ3) is 1.44. The fraction of sp³-hybridized carbons (Fsp3) is 0.625. The van der Waals surface area contributed by atoms with Gasteiger partial charge in [-0.05, 0) is 19.9 Å². The first-order valence-corrected chi connectivity index (χ1v) is 4.86. The normalized spacial score (nSPS) is 17.2. The van der Waals surface area contributed by atoms with Crippen LogP contribution < -0.4 is 5.32 Å².